The van der Waals surface area contributed by atoms with E-state index in [1.807, 2.05) is 59.3 Å². The highest BCUT2D eigenvalue weighted by Gasteiger charge is 2.01. The third kappa shape index (κ3) is 4.67. The second kappa shape index (κ2) is 7.75. The van der Waals surface area contributed by atoms with Gasteiger partial charge in [0, 0.05) is 35.2 Å². The van der Waals surface area contributed by atoms with Gasteiger partial charge in [0.05, 0.1) is 6.33 Å². The van der Waals surface area contributed by atoms with Gasteiger partial charge in [0.1, 0.15) is 0 Å². The van der Waals surface area contributed by atoms with E-state index in [2.05, 4.69) is 26.2 Å². The standard InChI is InChI=1S/C19H16BrN3O/c20-17-5-1-3-15(11-17)7-8-19(24)22-18-6-2-4-16(12-18)13-23-10-9-21-14-23/h1-12,14H,13H2,(H,22,24)/b8-7+. The minimum absolute atomic E-state index is 0.158. The van der Waals surface area contributed by atoms with Gasteiger partial charge in [0.2, 0.25) is 5.91 Å². The SMILES string of the molecule is O=C(/C=C/c1cccc(Br)c1)Nc1cccc(Cn2ccnc2)c1. The van der Waals surface area contributed by atoms with Gasteiger partial charge in [-0.1, -0.05) is 40.2 Å². The van der Waals surface area contributed by atoms with E-state index in [-0.39, 0.29) is 5.91 Å². The van der Waals surface area contributed by atoms with E-state index in [0.29, 0.717) is 0 Å². The van der Waals surface area contributed by atoms with Crippen LogP contribution in [0, 0.1) is 0 Å². The summed E-state index contributed by atoms with van der Waals surface area (Å²) in [4.78, 5) is 16.1. The predicted octanol–water partition coefficient (Wildman–Crippen LogP) is 4.35. The van der Waals surface area contributed by atoms with Gasteiger partial charge in [0.15, 0.2) is 0 Å². The van der Waals surface area contributed by atoms with Crippen LogP contribution in [0.1, 0.15) is 11.1 Å². The molecule has 1 N–H and O–H groups in total. The van der Waals surface area contributed by atoms with E-state index in [1.165, 1.54) is 6.08 Å². The van der Waals surface area contributed by atoms with Gasteiger partial charge >= 0.3 is 0 Å². The number of hydrogen-bond acceptors (Lipinski definition) is 2. The van der Waals surface area contributed by atoms with Crippen molar-refractivity contribution >= 4 is 33.6 Å². The predicted molar refractivity (Wildman–Crippen MR) is 99.6 cm³/mol. The number of aromatic nitrogens is 2. The number of benzene rings is 2. The highest BCUT2D eigenvalue weighted by Crippen LogP contribution is 2.14. The topological polar surface area (TPSA) is 46.9 Å². The molecule has 0 fully saturated rings. The summed E-state index contributed by atoms with van der Waals surface area (Å²) in [6.07, 6.45) is 8.75. The van der Waals surface area contributed by atoms with Crippen molar-refractivity contribution in [1.82, 2.24) is 9.55 Å². The van der Waals surface area contributed by atoms with Crippen LogP contribution in [0.25, 0.3) is 6.08 Å². The molecule has 0 saturated heterocycles. The second-order valence-electron chi connectivity index (χ2n) is 5.31. The summed E-state index contributed by atoms with van der Waals surface area (Å²) in [5.74, 6) is -0.158. The molecule has 4 nitrogen and oxygen atoms in total. The van der Waals surface area contributed by atoms with E-state index < -0.39 is 0 Å². The van der Waals surface area contributed by atoms with E-state index in [4.69, 9.17) is 0 Å². The monoisotopic (exact) mass is 381 g/mol. The van der Waals surface area contributed by atoms with Gasteiger partial charge in [-0.15, -0.1) is 0 Å². The number of anilines is 1. The summed E-state index contributed by atoms with van der Waals surface area (Å²) >= 11 is 3.41. The zero-order valence-electron chi connectivity index (χ0n) is 12.9. The molecule has 0 unspecified atom stereocenters. The first-order valence-electron chi connectivity index (χ1n) is 7.48. The van der Waals surface area contributed by atoms with E-state index >= 15 is 0 Å². The summed E-state index contributed by atoms with van der Waals surface area (Å²) in [6.45, 7) is 0.720. The second-order valence-corrected chi connectivity index (χ2v) is 6.23. The number of nitrogens with zero attached hydrogens (tertiary/aromatic N) is 2. The normalized spacial score (nSPS) is 10.9. The summed E-state index contributed by atoms with van der Waals surface area (Å²) in [5, 5.41) is 2.88. The zero-order chi connectivity index (χ0) is 16.8. The first-order valence-corrected chi connectivity index (χ1v) is 8.28. The molecule has 0 aliphatic heterocycles. The number of amides is 1. The summed E-state index contributed by atoms with van der Waals surface area (Å²) in [5.41, 5.74) is 2.84. The molecule has 0 aliphatic rings. The van der Waals surface area contributed by atoms with Crippen LogP contribution in [0.15, 0.2) is 77.8 Å². The zero-order valence-corrected chi connectivity index (χ0v) is 14.5. The number of carbonyl (C=O) groups excluding carboxylic acids is 1. The largest absolute Gasteiger partial charge is 0.333 e. The number of halogens is 1. The molecule has 1 amide bonds. The van der Waals surface area contributed by atoms with Crippen LogP contribution < -0.4 is 5.32 Å². The number of nitrogens with one attached hydrogen (secondary N) is 1. The van der Waals surface area contributed by atoms with Crippen molar-refractivity contribution in [1.29, 1.82) is 0 Å². The fourth-order valence-corrected chi connectivity index (χ4v) is 2.72. The lowest BCUT2D eigenvalue weighted by molar-refractivity contribution is -0.111. The molecule has 1 aromatic heterocycles. The van der Waals surface area contributed by atoms with Gasteiger partial charge < -0.3 is 9.88 Å². The fraction of sp³-hybridized carbons (Fsp3) is 0.0526. The van der Waals surface area contributed by atoms with Crippen LogP contribution in [0.4, 0.5) is 5.69 Å². The summed E-state index contributed by atoms with van der Waals surface area (Å²) in [6, 6.07) is 15.6. The molecule has 0 spiro atoms. The maximum absolute atomic E-state index is 12.1. The van der Waals surface area contributed by atoms with Gasteiger partial charge in [-0.2, -0.15) is 0 Å². The van der Waals surface area contributed by atoms with Crippen LogP contribution in [0.2, 0.25) is 0 Å². The van der Waals surface area contributed by atoms with Gasteiger partial charge in [-0.3, -0.25) is 4.79 Å². The Morgan fingerprint density at radius 3 is 2.88 bits per heavy atom. The Balaban J connectivity index is 1.64. The molecule has 5 heteroatoms. The van der Waals surface area contributed by atoms with Crippen molar-refractivity contribution in [3.8, 4) is 0 Å². The molecule has 1 heterocycles. The number of hydrogen-bond donors (Lipinski definition) is 1. The van der Waals surface area contributed by atoms with E-state index in [1.54, 1.807) is 18.6 Å². The number of rotatable bonds is 5. The quantitative estimate of drug-likeness (QED) is 0.667. The molecule has 3 aromatic rings. The lowest BCUT2D eigenvalue weighted by Gasteiger charge is -2.06. The molecule has 3 rings (SSSR count). The van der Waals surface area contributed by atoms with Crippen molar-refractivity contribution in [2.45, 2.75) is 6.54 Å². The minimum atomic E-state index is -0.158. The van der Waals surface area contributed by atoms with E-state index in [0.717, 1.165) is 27.8 Å². The molecule has 0 atom stereocenters. The summed E-state index contributed by atoms with van der Waals surface area (Å²) in [7, 11) is 0. The van der Waals surface area contributed by atoms with Crippen LogP contribution in [0.3, 0.4) is 0 Å². The molecule has 0 radical (unpaired) electrons. The Morgan fingerprint density at radius 1 is 1.21 bits per heavy atom. The van der Waals surface area contributed by atoms with Crippen molar-refractivity contribution < 1.29 is 4.79 Å². The van der Waals surface area contributed by atoms with Crippen molar-refractivity contribution in [2.24, 2.45) is 0 Å². The molecule has 0 saturated carbocycles. The third-order valence-corrected chi connectivity index (χ3v) is 3.89. The lowest BCUT2D eigenvalue weighted by Crippen LogP contribution is -2.08. The molecule has 24 heavy (non-hydrogen) atoms. The number of carbonyl (C=O) groups is 1. The molecule has 120 valence electrons. The van der Waals surface area contributed by atoms with Crippen molar-refractivity contribution in [3.63, 3.8) is 0 Å². The smallest absolute Gasteiger partial charge is 0.248 e. The average Bonchev–Trinajstić information content (AvgIpc) is 3.06. The Kier molecular flexibility index (Phi) is 5.23. The van der Waals surface area contributed by atoms with Crippen LogP contribution in [0.5, 0.6) is 0 Å². The molecule has 2 aromatic carbocycles. The minimum Gasteiger partial charge on any atom is -0.333 e. The Hall–Kier alpha value is -2.66. The highest BCUT2D eigenvalue weighted by atomic mass is 79.9. The molecular formula is C19H16BrN3O. The van der Waals surface area contributed by atoms with Crippen molar-refractivity contribution in [2.75, 3.05) is 5.32 Å². The highest BCUT2D eigenvalue weighted by molar-refractivity contribution is 9.10. The van der Waals surface area contributed by atoms with Gasteiger partial charge in [0.25, 0.3) is 0 Å². The molecule has 0 aliphatic carbocycles. The van der Waals surface area contributed by atoms with Gasteiger partial charge in [-0.05, 0) is 41.5 Å². The summed E-state index contributed by atoms with van der Waals surface area (Å²) < 4.78 is 2.96. The Bertz CT molecular complexity index is 857. The molecular weight excluding hydrogens is 366 g/mol. The van der Waals surface area contributed by atoms with E-state index in [9.17, 15) is 4.79 Å². The maximum Gasteiger partial charge on any atom is 0.248 e. The first kappa shape index (κ1) is 16.2. The maximum atomic E-state index is 12.1. The Labute approximate surface area is 149 Å². The lowest BCUT2D eigenvalue weighted by atomic mass is 10.2. The Morgan fingerprint density at radius 2 is 2.08 bits per heavy atom. The van der Waals surface area contributed by atoms with Crippen LogP contribution in [-0.2, 0) is 11.3 Å². The average molecular weight is 382 g/mol. The third-order valence-electron chi connectivity index (χ3n) is 3.39. The first-order chi connectivity index (χ1) is 11.7. The molecule has 0 bridgehead atoms. The fourth-order valence-electron chi connectivity index (χ4n) is 2.30. The van der Waals surface area contributed by atoms with Crippen LogP contribution in [-0.4, -0.2) is 15.5 Å². The van der Waals surface area contributed by atoms with Crippen molar-refractivity contribution in [3.05, 3.63) is 88.9 Å². The van der Waals surface area contributed by atoms with Gasteiger partial charge in [-0.25, -0.2) is 4.98 Å². The number of imidazole rings is 1. The van der Waals surface area contributed by atoms with Crippen LogP contribution >= 0.6 is 15.9 Å².